The first kappa shape index (κ1) is 19.6. The summed E-state index contributed by atoms with van der Waals surface area (Å²) in [5, 5.41) is 1.68. The van der Waals surface area contributed by atoms with E-state index in [4.69, 9.17) is 20.8 Å². The molecule has 4 aromatic rings. The van der Waals surface area contributed by atoms with Crippen molar-refractivity contribution in [1.29, 1.82) is 0 Å². The third kappa shape index (κ3) is 4.49. The van der Waals surface area contributed by atoms with Crippen molar-refractivity contribution >= 4 is 34.3 Å². The van der Waals surface area contributed by atoms with E-state index in [1.165, 1.54) is 11.8 Å². The van der Waals surface area contributed by atoms with Gasteiger partial charge in [-0.1, -0.05) is 41.6 Å². The molecule has 148 valence electrons. The summed E-state index contributed by atoms with van der Waals surface area (Å²) in [5.74, 6) is 2.20. The lowest BCUT2D eigenvalue weighted by Crippen LogP contribution is -2.24. The molecule has 0 fully saturated rings. The molecule has 0 bridgehead atoms. The number of rotatable bonds is 7. The predicted octanol–water partition coefficient (Wildman–Crippen LogP) is 5.17. The summed E-state index contributed by atoms with van der Waals surface area (Å²) >= 11 is 7.57. The first-order chi connectivity index (χ1) is 14.1. The predicted molar refractivity (Wildman–Crippen MR) is 116 cm³/mol. The van der Waals surface area contributed by atoms with Crippen LogP contribution in [-0.4, -0.2) is 21.9 Å². The molecule has 0 amide bonds. The lowest BCUT2D eigenvalue weighted by Gasteiger charge is -2.13. The largest absolute Gasteiger partial charge is 0.492 e. The Morgan fingerprint density at radius 3 is 2.83 bits per heavy atom. The highest BCUT2D eigenvalue weighted by atomic mass is 35.5. The van der Waals surface area contributed by atoms with Crippen LogP contribution in [0.15, 0.2) is 75.2 Å². The summed E-state index contributed by atoms with van der Waals surface area (Å²) in [6.45, 7) is 2.83. The second-order valence-corrected chi connectivity index (χ2v) is 7.99. The lowest BCUT2D eigenvalue weighted by molar-refractivity contribution is 0.341. The Morgan fingerprint density at radius 1 is 1.17 bits per heavy atom. The Hall–Kier alpha value is -2.70. The number of ether oxygens (including phenoxy) is 1. The van der Waals surface area contributed by atoms with Crippen LogP contribution in [0.4, 0.5) is 0 Å². The van der Waals surface area contributed by atoms with Gasteiger partial charge >= 0.3 is 0 Å². The Balaban J connectivity index is 1.59. The minimum atomic E-state index is -0.120. The molecule has 0 radical (unpaired) electrons. The van der Waals surface area contributed by atoms with E-state index in [9.17, 15) is 4.79 Å². The standard InChI is InChI=1S/C22H19ClN2O3S/c1-15-5-2-3-7-20(15)28-11-12-29-22-24-19-13-16(23)8-9-18(19)21(26)25(22)14-17-6-4-10-27-17/h2-10,13H,11-12,14H2,1H3. The third-order valence-electron chi connectivity index (χ3n) is 4.44. The van der Waals surface area contributed by atoms with E-state index in [0.29, 0.717) is 45.7 Å². The Bertz CT molecular complexity index is 1190. The van der Waals surface area contributed by atoms with E-state index in [2.05, 4.69) is 4.98 Å². The van der Waals surface area contributed by atoms with Gasteiger partial charge in [-0.25, -0.2) is 4.98 Å². The highest BCUT2D eigenvalue weighted by molar-refractivity contribution is 7.99. The number of benzene rings is 2. The number of fused-ring (bicyclic) bond motifs is 1. The number of aromatic nitrogens is 2. The zero-order valence-corrected chi connectivity index (χ0v) is 17.4. The van der Waals surface area contributed by atoms with Crippen LogP contribution in [-0.2, 0) is 6.54 Å². The molecule has 0 aliphatic heterocycles. The van der Waals surface area contributed by atoms with Crippen LogP contribution in [0.25, 0.3) is 10.9 Å². The molecule has 0 saturated heterocycles. The number of thioether (sulfide) groups is 1. The molecule has 0 aliphatic carbocycles. The minimum Gasteiger partial charge on any atom is -0.492 e. The first-order valence-electron chi connectivity index (χ1n) is 9.15. The Labute approximate surface area is 177 Å². The van der Waals surface area contributed by atoms with Gasteiger partial charge in [-0.2, -0.15) is 0 Å². The molecule has 7 heteroatoms. The van der Waals surface area contributed by atoms with Gasteiger partial charge in [0.1, 0.15) is 11.5 Å². The summed E-state index contributed by atoms with van der Waals surface area (Å²) in [6.07, 6.45) is 1.59. The topological polar surface area (TPSA) is 57.3 Å². The molecule has 0 N–H and O–H groups in total. The number of hydrogen-bond donors (Lipinski definition) is 0. The summed E-state index contributed by atoms with van der Waals surface area (Å²) in [4.78, 5) is 17.8. The van der Waals surface area contributed by atoms with Crippen LogP contribution < -0.4 is 10.3 Å². The van der Waals surface area contributed by atoms with E-state index < -0.39 is 0 Å². The van der Waals surface area contributed by atoms with Crippen LogP contribution in [0.5, 0.6) is 5.75 Å². The molecule has 0 aliphatic rings. The number of hydrogen-bond acceptors (Lipinski definition) is 5. The second kappa shape index (κ2) is 8.76. The van der Waals surface area contributed by atoms with Crippen molar-refractivity contribution in [2.75, 3.05) is 12.4 Å². The van der Waals surface area contributed by atoms with E-state index in [1.54, 1.807) is 35.1 Å². The molecule has 2 aromatic heterocycles. The fraction of sp³-hybridized carbons (Fsp3) is 0.182. The van der Waals surface area contributed by atoms with Crippen molar-refractivity contribution in [3.8, 4) is 5.75 Å². The smallest absolute Gasteiger partial charge is 0.262 e. The summed E-state index contributed by atoms with van der Waals surface area (Å²) < 4.78 is 12.9. The molecular weight excluding hydrogens is 408 g/mol. The zero-order valence-electron chi connectivity index (χ0n) is 15.8. The van der Waals surface area contributed by atoms with Gasteiger partial charge in [0.25, 0.3) is 5.56 Å². The van der Waals surface area contributed by atoms with Crippen molar-refractivity contribution in [2.24, 2.45) is 0 Å². The zero-order chi connectivity index (χ0) is 20.2. The van der Waals surface area contributed by atoms with Crippen LogP contribution in [0.1, 0.15) is 11.3 Å². The summed E-state index contributed by atoms with van der Waals surface area (Å²) in [5.41, 5.74) is 1.55. The van der Waals surface area contributed by atoms with Crippen molar-refractivity contribution in [3.05, 3.63) is 87.6 Å². The van der Waals surface area contributed by atoms with E-state index in [0.717, 1.165) is 11.3 Å². The average Bonchev–Trinajstić information content (AvgIpc) is 3.22. The number of nitrogens with zero attached hydrogens (tertiary/aromatic N) is 2. The molecule has 2 heterocycles. The third-order valence-corrected chi connectivity index (χ3v) is 5.62. The molecule has 0 atom stereocenters. The molecule has 5 nitrogen and oxygen atoms in total. The summed E-state index contributed by atoms with van der Waals surface area (Å²) in [6, 6.07) is 16.7. The van der Waals surface area contributed by atoms with E-state index >= 15 is 0 Å². The number of aryl methyl sites for hydroxylation is 1. The summed E-state index contributed by atoms with van der Waals surface area (Å²) in [7, 11) is 0. The van der Waals surface area contributed by atoms with E-state index in [-0.39, 0.29) is 5.56 Å². The van der Waals surface area contributed by atoms with Gasteiger partial charge in [0.05, 0.1) is 30.3 Å². The minimum absolute atomic E-state index is 0.120. The maximum Gasteiger partial charge on any atom is 0.262 e. The SMILES string of the molecule is Cc1ccccc1OCCSc1nc2cc(Cl)ccc2c(=O)n1Cc1ccco1. The Morgan fingerprint density at radius 2 is 2.03 bits per heavy atom. The molecular formula is C22H19ClN2O3S. The quantitative estimate of drug-likeness (QED) is 0.232. The molecule has 0 unspecified atom stereocenters. The van der Waals surface area contributed by atoms with Crippen LogP contribution >= 0.6 is 23.4 Å². The molecule has 4 rings (SSSR count). The van der Waals surface area contributed by atoms with Crippen LogP contribution in [0, 0.1) is 6.92 Å². The highest BCUT2D eigenvalue weighted by Gasteiger charge is 2.14. The molecule has 29 heavy (non-hydrogen) atoms. The lowest BCUT2D eigenvalue weighted by atomic mass is 10.2. The van der Waals surface area contributed by atoms with Crippen molar-refractivity contribution < 1.29 is 9.15 Å². The van der Waals surface area contributed by atoms with Gasteiger partial charge in [-0.15, -0.1) is 0 Å². The van der Waals surface area contributed by atoms with Crippen molar-refractivity contribution in [2.45, 2.75) is 18.6 Å². The first-order valence-corrected chi connectivity index (χ1v) is 10.5. The second-order valence-electron chi connectivity index (χ2n) is 6.49. The number of furan rings is 1. The normalized spacial score (nSPS) is 11.1. The van der Waals surface area contributed by atoms with Crippen molar-refractivity contribution in [1.82, 2.24) is 9.55 Å². The van der Waals surface area contributed by atoms with Gasteiger partial charge in [0.15, 0.2) is 5.16 Å². The fourth-order valence-corrected chi connectivity index (χ4v) is 3.97. The van der Waals surface area contributed by atoms with Gasteiger partial charge in [-0.05, 0) is 48.9 Å². The fourth-order valence-electron chi connectivity index (χ4n) is 2.98. The maximum atomic E-state index is 13.1. The number of halogens is 1. The van der Waals surface area contributed by atoms with Gasteiger partial charge in [0.2, 0.25) is 0 Å². The monoisotopic (exact) mass is 426 g/mol. The Kier molecular flexibility index (Phi) is 5.92. The maximum absolute atomic E-state index is 13.1. The van der Waals surface area contributed by atoms with Gasteiger partial charge in [-0.3, -0.25) is 9.36 Å². The highest BCUT2D eigenvalue weighted by Crippen LogP contribution is 2.22. The van der Waals surface area contributed by atoms with Gasteiger partial charge in [0, 0.05) is 10.8 Å². The van der Waals surface area contributed by atoms with Crippen LogP contribution in [0.2, 0.25) is 5.02 Å². The molecule has 0 spiro atoms. The van der Waals surface area contributed by atoms with Gasteiger partial charge < -0.3 is 9.15 Å². The number of para-hydroxylation sites is 1. The van der Waals surface area contributed by atoms with Crippen LogP contribution in [0.3, 0.4) is 0 Å². The molecule has 2 aromatic carbocycles. The average molecular weight is 427 g/mol. The van der Waals surface area contributed by atoms with E-state index in [1.807, 2.05) is 37.3 Å². The van der Waals surface area contributed by atoms with Crippen molar-refractivity contribution in [3.63, 3.8) is 0 Å². The molecule has 0 saturated carbocycles.